The van der Waals surface area contributed by atoms with Gasteiger partial charge in [-0.05, 0) is 43.4 Å². The number of nitrogens with zero attached hydrogens (tertiary/aromatic N) is 1. The first-order valence-electron chi connectivity index (χ1n) is 20.0. The SMILES string of the molecule is C[C@@H]1O[C@@H](O[C@@H]2[C@@H](CN(Cc3ccccc3)C(=O)c3ccccc3)OCC[C@H]2O[C@@H]2O[C@H](CO)[C@H](O)[C@H](O[C@@H](CC3CCCCC3)C(=O)O)[C@H]2O)[C@@H](O)[C@H](O)[C@@H]1O. The lowest BCUT2D eigenvalue weighted by molar-refractivity contribution is -0.356. The average molecular weight is 804 g/mol. The van der Waals surface area contributed by atoms with Gasteiger partial charge in [0.25, 0.3) is 5.91 Å². The van der Waals surface area contributed by atoms with E-state index >= 15 is 0 Å². The Labute approximate surface area is 331 Å². The molecular weight excluding hydrogens is 746 g/mol. The van der Waals surface area contributed by atoms with Crippen molar-refractivity contribution in [2.75, 3.05) is 19.8 Å². The highest BCUT2D eigenvalue weighted by molar-refractivity contribution is 5.94. The molecule has 14 atom stereocenters. The number of benzene rings is 2. The first-order chi connectivity index (χ1) is 27.4. The summed E-state index contributed by atoms with van der Waals surface area (Å²) >= 11 is 0. The van der Waals surface area contributed by atoms with Crippen LogP contribution in [0.25, 0.3) is 0 Å². The van der Waals surface area contributed by atoms with Gasteiger partial charge in [-0.2, -0.15) is 0 Å². The van der Waals surface area contributed by atoms with Gasteiger partial charge in [0.15, 0.2) is 18.7 Å². The zero-order chi connectivity index (χ0) is 40.6. The van der Waals surface area contributed by atoms with Crippen LogP contribution < -0.4 is 0 Å². The lowest BCUT2D eigenvalue weighted by Gasteiger charge is -2.47. The minimum absolute atomic E-state index is 0.0596. The molecule has 6 rings (SSSR count). The van der Waals surface area contributed by atoms with Crippen molar-refractivity contribution in [3.8, 4) is 0 Å². The maximum Gasteiger partial charge on any atom is 0.332 e. The quantitative estimate of drug-likeness (QED) is 0.133. The monoisotopic (exact) mass is 803 g/mol. The summed E-state index contributed by atoms with van der Waals surface area (Å²) in [5.41, 5.74) is 1.26. The molecule has 0 unspecified atom stereocenters. The van der Waals surface area contributed by atoms with Gasteiger partial charge in [0.2, 0.25) is 0 Å². The second-order valence-corrected chi connectivity index (χ2v) is 15.6. The molecule has 2 aromatic rings. The molecule has 3 heterocycles. The van der Waals surface area contributed by atoms with Crippen molar-refractivity contribution in [3.63, 3.8) is 0 Å². The summed E-state index contributed by atoms with van der Waals surface area (Å²) in [7, 11) is 0. The van der Waals surface area contributed by atoms with Crippen LogP contribution in [-0.4, -0.2) is 158 Å². The fourth-order valence-electron chi connectivity index (χ4n) is 8.22. The first kappa shape index (κ1) is 43.5. The number of carbonyl (C=O) groups excluding carboxylic acids is 1. The Kier molecular flexibility index (Phi) is 15.4. The fraction of sp³-hybridized carbons (Fsp3) is 0.659. The molecule has 316 valence electrons. The van der Waals surface area contributed by atoms with Crippen molar-refractivity contribution in [3.05, 3.63) is 71.8 Å². The number of aliphatic hydroxyl groups excluding tert-OH is 6. The van der Waals surface area contributed by atoms with E-state index in [0.717, 1.165) is 37.7 Å². The maximum atomic E-state index is 14.0. The van der Waals surface area contributed by atoms with Gasteiger partial charge >= 0.3 is 5.97 Å². The van der Waals surface area contributed by atoms with Crippen molar-refractivity contribution < 1.29 is 73.8 Å². The molecule has 7 N–H and O–H groups in total. The van der Waals surface area contributed by atoms with E-state index in [2.05, 4.69) is 0 Å². The minimum atomic E-state index is -1.74. The third kappa shape index (κ3) is 10.8. The molecule has 0 aromatic heterocycles. The van der Waals surface area contributed by atoms with E-state index in [1.165, 1.54) is 6.92 Å². The van der Waals surface area contributed by atoms with Gasteiger partial charge in [-0.15, -0.1) is 0 Å². The zero-order valence-corrected chi connectivity index (χ0v) is 32.1. The highest BCUT2D eigenvalue weighted by Crippen LogP contribution is 2.34. The molecule has 2 aromatic carbocycles. The molecule has 4 fully saturated rings. The third-order valence-electron chi connectivity index (χ3n) is 11.5. The van der Waals surface area contributed by atoms with E-state index in [1.807, 2.05) is 30.3 Å². The number of rotatable bonds is 15. The van der Waals surface area contributed by atoms with Gasteiger partial charge < -0.3 is 69.1 Å². The predicted molar refractivity (Wildman–Crippen MR) is 199 cm³/mol. The van der Waals surface area contributed by atoms with Crippen LogP contribution in [0, 0.1) is 5.92 Å². The Morgan fingerprint density at radius 1 is 0.772 bits per heavy atom. The molecule has 0 spiro atoms. The van der Waals surface area contributed by atoms with E-state index < -0.39 is 98.4 Å². The van der Waals surface area contributed by atoms with Gasteiger partial charge in [-0.25, -0.2) is 4.79 Å². The molecule has 4 aliphatic rings. The fourth-order valence-corrected chi connectivity index (χ4v) is 8.22. The molecule has 57 heavy (non-hydrogen) atoms. The number of aliphatic carboxylic acids is 1. The predicted octanol–water partition coefficient (Wildman–Crippen LogP) is 0.964. The highest BCUT2D eigenvalue weighted by atomic mass is 16.7. The summed E-state index contributed by atoms with van der Waals surface area (Å²) in [6, 6.07) is 18.0. The van der Waals surface area contributed by atoms with E-state index in [9.17, 15) is 45.3 Å². The van der Waals surface area contributed by atoms with Crippen LogP contribution in [0.3, 0.4) is 0 Å². The summed E-state index contributed by atoms with van der Waals surface area (Å²) in [6.45, 7) is 1.00. The standard InChI is InChI=1S/C41H57NO15/c1-23-31(44)33(46)34(47)40(53-23)57-36-27(17-18-52-29(36)21-42(20-25-13-7-3-8-14-25)38(49)26-15-9-4-10-16-26)55-41-35(48)37(32(45)30(22-43)56-41)54-28(39(50)51)19-24-11-5-2-6-12-24/h3-4,7-10,13-16,23-24,27-37,40-41,43-48H,2,5-6,11-12,17-22H2,1H3,(H,50,51)/t23-,27+,28-,29+,30+,31+,32-,33+,34-,35+,36-,37-,40-,41+/m0/s1. The van der Waals surface area contributed by atoms with Gasteiger partial charge in [-0.3, -0.25) is 4.79 Å². The van der Waals surface area contributed by atoms with E-state index in [4.69, 9.17) is 28.4 Å². The number of aliphatic hydroxyl groups is 6. The van der Waals surface area contributed by atoms with Crippen LogP contribution in [0.2, 0.25) is 0 Å². The van der Waals surface area contributed by atoms with Crippen LogP contribution in [0.15, 0.2) is 60.7 Å². The van der Waals surface area contributed by atoms with Gasteiger partial charge in [0.1, 0.15) is 54.9 Å². The average Bonchev–Trinajstić information content (AvgIpc) is 3.22. The Balaban J connectivity index is 1.27. The van der Waals surface area contributed by atoms with Crippen LogP contribution in [0.5, 0.6) is 0 Å². The number of carboxylic acid groups (broad SMARTS) is 1. The number of amides is 1. The van der Waals surface area contributed by atoms with Crippen LogP contribution in [0.1, 0.15) is 67.8 Å². The van der Waals surface area contributed by atoms with Crippen LogP contribution >= 0.6 is 0 Å². The van der Waals surface area contributed by atoms with Gasteiger partial charge in [0.05, 0.1) is 25.4 Å². The summed E-state index contributed by atoms with van der Waals surface area (Å²) < 4.78 is 36.7. The maximum absolute atomic E-state index is 14.0. The molecule has 0 radical (unpaired) electrons. The van der Waals surface area contributed by atoms with Crippen molar-refractivity contribution in [2.24, 2.45) is 5.92 Å². The number of hydrogen-bond acceptors (Lipinski definition) is 14. The van der Waals surface area contributed by atoms with Crippen LogP contribution in [0.4, 0.5) is 0 Å². The summed E-state index contributed by atoms with van der Waals surface area (Å²) in [5.74, 6) is -1.46. The van der Waals surface area contributed by atoms with E-state index in [-0.39, 0.29) is 44.4 Å². The van der Waals surface area contributed by atoms with Crippen molar-refractivity contribution in [1.29, 1.82) is 0 Å². The number of ether oxygens (including phenoxy) is 6. The molecule has 3 saturated heterocycles. The second kappa shape index (κ2) is 20.2. The van der Waals surface area contributed by atoms with Gasteiger partial charge in [0, 0.05) is 18.7 Å². The van der Waals surface area contributed by atoms with Crippen molar-refractivity contribution >= 4 is 11.9 Å². The smallest absolute Gasteiger partial charge is 0.332 e. The molecule has 16 heteroatoms. The minimum Gasteiger partial charge on any atom is -0.479 e. The topological polar surface area (TPSA) is 234 Å². The molecule has 1 saturated carbocycles. The zero-order valence-electron chi connectivity index (χ0n) is 32.1. The summed E-state index contributed by atoms with van der Waals surface area (Å²) in [5, 5.41) is 75.1. The largest absolute Gasteiger partial charge is 0.479 e. The first-order valence-corrected chi connectivity index (χ1v) is 20.0. The lowest BCUT2D eigenvalue weighted by atomic mass is 9.85. The highest BCUT2D eigenvalue weighted by Gasteiger charge is 2.51. The molecule has 16 nitrogen and oxygen atoms in total. The molecule has 0 bridgehead atoms. The third-order valence-corrected chi connectivity index (χ3v) is 11.5. The van der Waals surface area contributed by atoms with Crippen LogP contribution in [-0.2, 0) is 39.8 Å². The van der Waals surface area contributed by atoms with E-state index in [1.54, 1.807) is 35.2 Å². The summed E-state index contributed by atoms with van der Waals surface area (Å²) in [6.07, 6.45) is -14.5. The normalized spacial score (nSPS) is 35.7. The van der Waals surface area contributed by atoms with Crippen molar-refractivity contribution in [2.45, 2.75) is 144 Å². The Morgan fingerprint density at radius 3 is 2.11 bits per heavy atom. The van der Waals surface area contributed by atoms with E-state index in [0.29, 0.717) is 5.56 Å². The molecular formula is C41H57NO15. The number of carbonyl (C=O) groups is 2. The molecule has 3 aliphatic heterocycles. The lowest BCUT2D eigenvalue weighted by Crippen LogP contribution is -2.64. The van der Waals surface area contributed by atoms with Gasteiger partial charge in [-0.1, -0.05) is 80.6 Å². The van der Waals surface area contributed by atoms with Crippen molar-refractivity contribution in [1.82, 2.24) is 4.90 Å². The Morgan fingerprint density at radius 2 is 1.44 bits per heavy atom. The molecule has 1 aliphatic carbocycles. The Bertz CT molecular complexity index is 1550. The summed E-state index contributed by atoms with van der Waals surface area (Å²) in [4.78, 5) is 28.0. The number of hydrogen-bond donors (Lipinski definition) is 7. The second-order valence-electron chi connectivity index (χ2n) is 15.6. The molecule has 1 amide bonds. The number of carboxylic acids is 1. The Hall–Kier alpha value is -3.10.